The molecule has 1 heterocycles. The third-order valence-electron chi connectivity index (χ3n) is 5.96. The first-order valence-corrected chi connectivity index (χ1v) is 12.1. The Kier molecular flexibility index (Phi) is 5.39. The number of carbonyl (C=O) groups is 1. The van der Waals surface area contributed by atoms with Crippen LogP contribution in [0.1, 0.15) is 29.8 Å². The first-order valence-electron chi connectivity index (χ1n) is 10.9. The van der Waals surface area contributed by atoms with E-state index in [2.05, 4.69) is 60.7 Å². The van der Waals surface area contributed by atoms with Crippen LogP contribution in [0.15, 0.2) is 97.1 Å². The van der Waals surface area contributed by atoms with Gasteiger partial charge in [-0.3, -0.25) is 0 Å². The van der Waals surface area contributed by atoms with Crippen molar-refractivity contribution in [2.24, 2.45) is 0 Å². The summed E-state index contributed by atoms with van der Waals surface area (Å²) >= 11 is 0. The summed E-state index contributed by atoms with van der Waals surface area (Å²) in [7, 11) is 1.45. The normalized spacial score (nSPS) is 11.6. The molecule has 5 rings (SSSR count). The van der Waals surface area contributed by atoms with Crippen LogP contribution in [-0.4, -0.2) is 13.1 Å². The molecule has 0 unspecified atom stereocenters. The van der Waals surface area contributed by atoms with Crippen LogP contribution in [0, 0.1) is 0 Å². The number of ether oxygens (including phenoxy) is 2. The fourth-order valence-corrected chi connectivity index (χ4v) is 6.55. The summed E-state index contributed by atoms with van der Waals surface area (Å²) < 4.78 is 13.8. The molecular weight excluding hydrogens is 428 g/mol. The van der Waals surface area contributed by atoms with E-state index in [0.717, 1.165) is 11.3 Å². The number of thiophene rings is 1. The quantitative estimate of drug-likeness (QED) is 0.201. The van der Waals surface area contributed by atoms with E-state index in [9.17, 15) is 4.79 Å². The van der Waals surface area contributed by atoms with Crippen molar-refractivity contribution in [2.75, 3.05) is 7.11 Å². The van der Waals surface area contributed by atoms with Gasteiger partial charge in [-0.05, 0) is 80.1 Å². The van der Waals surface area contributed by atoms with Crippen molar-refractivity contribution in [3.05, 3.63) is 108 Å². The molecule has 0 saturated heterocycles. The number of carbonyl (C=O) groups excluding carboxylic acids is 1. The third kappa shape index (κ3) is 3.87. The molecule has 0 aliphatic carbocycles. The standard InChI is InChI=1S/C29H25O3S/c1-29(2,21-14-16-22(31-3)17-15-21)32-28(30)20-12-18-23(19-13-20)33-26-10-6-4-8-24(26)25-9-5-7-11-27(25)33/h4-19H,1-3H3/q+1. The molecule has 4 heteroatoms. The first-order chi connectivity index (χ1) is 16.0. The molecule has 0 aliphatic rings. The zero-order valence-electron chi connectivity index (χ0n) is 18.9. The van der Waals surface area contributed by atoms with E-state index in [1.807, 2.05) is 50.2 Å². The van der Waals surface area contributed by atoms with E-state index in [1.165, 1.54) is 25.1 Å². The minimum Gasteiger partial charge on any atom is -0.497 e. The van der Waals surface area contributed by atoms with Crippen LogP contribution in [0.3, 0.4) is 0 Å². The zero-order chi connectivity index (χ0) is 23.0. The Labute approximate surface area is 196 Å². The van der Waals surface area contributed by atoms with Gasteiger partial charge >= 0.3 is 5.97 Å². The van der Waals surface area contributed by atoms with Gasteiger partial charge < -0.3 is 9.47 Å². The predicted octanol–water partition coefficient (Wildman–Crippen LogP) is 7.83. The number of esters is 1. The van der Waals surface area contributed by atoms with E-state index >= 15 is 0 Å². The number of benzene rings is 4. The van der Waals surface area contributed by atoms with Crippen molar-refractivity contribution >= 4 is 36.6 Å². The number of methoxy groups -OCH3 is 1. The van der Waals surface area contributed by atoms with E-state index < -0.39 is 5.60 Å². The smallest absolute Gasteiger partial charge is 0.338 e. The predicted molar refractivity (Wildman–Crippen MR) is 137 cm³/mol. The Hall–Kier alpha value is -3.63. The molecular formula is C29H25O3S+. The summed E-state index contributed by atoms with van der Waals surface area (Å²) in [5.74, 6) is 0.435. The molecule has 0 N–H and O–H groups in total. The second-order valence-electron chi connectivity index (χ2n) is 8.45. The minimum atomic E-state index is -0.757. The Morgan fingerprint density at radius 3 is 1.82 bits per heavy atom. The van der Waals surface area contributed by atoms with Gasteiger partial charge in [0.2, 0.25) is 0 Å². The van der Waals surface area contributed by atoms with Gasteiger partial charge in [0.15, 0.2) is 14.3 Å². The van der Waals surface area contributed by atoms with Crippen molar-refractivity contribution in [3.8, 4) is 10.6 Å². The minimum absolute atomic E-state index is 0.178. The van der Waals surface area contributed by atoms with Gasteiger partial charge in [0.05, 0.1) is 12.7 Å². The Morgan fingerprint density at radius 2 is 1.27 bits per heavy atom. The van der Waals surface area contributed by atoms with E-state index in [0.29, 0.717) is 5.56 Å². The topological polar surface area (TPSA) is 35.5 Å². The first kappa shape index (κ1) is 21.2. The molecule has 0 fully saturated rings. The lowest BCUT2D eigenvalue weighted by molar-refractivity contribution is -0.00313. The van der Waals surface area contributed by atoms with Gasteiger partial charge in [0, 0.05) is 21.2 Å². The molecule has 0 radical (unpaired) electrons. The van der Waals surface area contributed by atoms with E-state index in [-0.39, 0.29) is 16.4 Å². The van der Waals surface area contributed by atoms with Crippen molar-refractivity contribution < 1.29 is 14.3 Å². The Balaban J connectivity index is 1.44. The van der Waals surface area contributed by atoms with Crippen LogP contribution in [0.25, 0.3) is 25.1 Å². The van der Waals surface area contributed by atoms with Crippen molar-refractivity contribution in [1.82, 2.24) is 0 Å². The monoisotopic (exact) mass is 453 g/mol. The maximum Gasteiger partial charge on any atom is 0.338 e. The fourth-order valence-electron chi connectivity index (χ4n) is 4.18. The molecule has 4 aromatic carbocycles. The molecule has 0 atom stereocenters. The maximum absolute atomic E-state index is 12.9. The highest BCUT2D eigenvalue weighted by Gasteiger charge is 2.27. The summed E-state index contributed by atoms with van der Waals surface area (Å²) in [5, 5.41) is 2.59. The summed E-state index contributed by atoms with van der Waals surface area (Å²) in [5.41, 5.74) is 0.700. The molecule has 1 aromatic heterocycles. The highest BCUT2D eigenvalue weighted by molar-refractivity contribution is 7.50. The van der Waals surface area contributed by atoms with Crippen LogP contribution in [0.4, 0.5) is 0 Å². The van der Waals surface area contributed by atoms with E-state index in [1.54, 1.807) is 7.11 Å². The largest absolute Gasteiger partial charge is 0.497 e. The lowest BCUT2D eigenvalue weighted by Gasteiger charge is -2.26. The second kappa shape index (κ2) is 8.38. The van der Waals surface area contributed by atoms with Gasteiger partial charge in [0.25, 0.3) is 0 Å². The molecule has 5 aromatic rings. The van der Waals surface area contributed by atoms with Crippen LogP contribution in [0.2, 0.25) is 0 Å². The maximum atomic E-state index is 12.9. The average Bonchev–Trinajstić information content (AvgIpc) is 3.18. The van der Waals surface area contributed by atoms with Gasteiger partial charge in [0.1, 0.15) is 11.4 Å². The molecule has 0 spiro atoms. The van der Waals surface area contributed by atoms with Gasteiger partial charge in [-0.2, -0.15) is 0 Å². The summed E-state index contributed by atoms with van der Waals surface area (Å²) in [6, 6.07) is 32.6. The molecule has 33 heavy (non-hydrogen) atoms. The lowest BCUT2D eigenvalue weighted by atomic mass is 9.98. The van der Waals surface area contributed by atoms with Gasteiger partial charge in [-0.25, -0.2) is 4.79 Å². The van der Waals surface area contributed by atoms with Crippen molar-refractivity contribution in [1.29, 1.82) is 0 Å². The molecule has 0 aliphatic heterocycles. The highest BCUT2D eigenvalue weighted by Crippen LogP contribution is 2.48. The van der Waals surface area contributed by atoms with Crippen LogP contribution in [-0.2, 0) is 10.3 Å². The number of fused-ring (bicyclic) bond motifs is 3. The highest BCUT2D eigenvalue weighted by atomic mass is 32.2. The molecule has 164 valence electrons. The number of rotatable bonds is 5. The van der Waals surface area contributed by atoms with Gasteiger partial charge in [-0.15, -0.1) is 0 Å². The lowest BCUT2D eigenvalue weighted by Crippen LogP contribution is -2.25. The average molecular weight is 454 g/mol. The van der Waals surface area contributed by atoms with E-state index in [4.69, 9.17) is 9.47 Å². The SMILES string of the molecule is COc1ccc(C(C)(C)OC(=O)c2ccc(-[s+]3c4ccccc4c4ccccc43)cc2)cc1. The van der Waals surface area contributed by atoms with Crippen molar-refractivity contribution in [2.45, 2.75) is 19.4 Å². The summed E-state index contributed by atoms with van der Waals surface area (Å²) in [4.78, 5) is 14.1. The fraction of sp³-hybridized carbons (Fsp3) is 0.138. The molecule has 0 saturated carbocycles. The second-order valence-corrected chi connectivity index (χ2v) is 10.4. The van der Waals surface area contributed by atoms with Crippen LogP contribution in [0.5, 0.6) is 5.75 Å². The molecule has 3 nitrogen and oxygen atoms in total. The Morgan fingerprint density at radius 1 is 0.727 bits per heavy atom. The van der Waals surface area contributed by atoms with Gasteiger partial charge in [-0.1, -0.05) is 36.4 Å². The van der Waals surface area contributed by atoms with Crippen molar-refractivity contribution in [3.63, 3.8) is 0 Å². The summed E-state index contributed by atoms with van der Waals surface area (Å²) in [6.45, 7) is 3.80. The third-order valence-corrected chi connectivity index (χ3v) is 8.30. The Bertz CT molecular complexity index is 1390. The van der Waals surface area contributed by atoms with Crippen LogP contribution < -0.4 is 4.74 Å². The van der Waals surface area contributed by atoms with Crippen LogP contribution >= 0.6 is 10.5 Å². The summed E-state index contributed by atoms with van der Waals surface area (Å²) in [6.07, 6.45) is 0. The zero-order valence-corrected chi connectivity index (χ0v) is 19.7. The molecule has 0 amide bonds. The number of hydrogen-bond acceptors (Lipinski definition) is 3. The number of hydrogen-bond donors (Lipinski definition) is 0. The molecule has 0 bridgehead atoms.